The average Bonchev–Trinajstić information content (AvgIpc) is 3.29. The predicted molar refractivity (Wildman–Crippen MR) is 115 cm³/mol. The Balaban J connectivity index is 1.59. The molecule has 0 saturated carbocycles. The molecule has 33 heavy (non-hydrogen) atoms. The molecule has 1 aromatic heterocycles. The Morgan fingerprint density at radius 3 is 2.42 bits per heavy atom. The van der Waals surface area contributed by atoms with Gasteiger partial charge < -0.3 is 4.74 Å². The summed E-state index contributed by atoms with van der Waals surface area (Å²) in [7, 11) is -3.93. The van der Waals surface area contributed by atoms with E-state index in [9.17, 15) is 21.6 Å². The molecule has 0 aliphatic heterocycles. The van der Waals surface area contributed by atoms with Gasteiger partial charge in [0.2, 0.25) is 0 Å². The molecule has 0 fully saturated rings. The van der Waals surface area contributed by atoms with Crippen molar-refractivity contribution in [2.75, 3.05) is 0 Å². The van der Waals surface area contributed by atoms with Gasteiger partial charge in [0.25, 0.3) is 10.0 Å². The van der Waals surface area contributed by atoms with Gasteiger partial charge in [-0.25, -0.2) is 0 Å². The topological polar surface area (TPSA) is 74.1 Å². The Morgan fingerprint density at radius 1 is 0.970 bits per heavy atom. The van der Waals surface area contributed by atoms with Gasteiger partial charge in [-0.15, -0.1) is 9.19 Å². The van der Waals surface area contributed by atoms with Crippen LogP contribution in [0.2, 0.25) is 0 Å². The third-order valence-corrected chi connectivity index (χ3v) is 6.39. The van der Waals surface area contributed by atoms with Crippen molar-refractivity contribution in [2.24, 2.45) is 0 Å². The third-order valence-electron chi connectivity index (χ3n) is 4.85. The van der Waals surface area contributed by atoms with Crippen LogP contribution in [-0.4, -0.2) is 22.8 Å². The molecule has 0 bridgehead atoms. The van der Waals surface area contributed by atoms with Crippen LogP contribution in [0.1, 0.15) is 16.7 Å². The Morgan fingerprint density at radius 2 is 1.70 bits per heavy atom. The van der Waals surface area contributed by atoms with Gasteiger partial charge in [0.15, 0.2) is 0 Å². The summed E-state index contributed by atoms with van der Waals surface area (Å²) >= 11 is 0. The Bertz CT molecular complexity index is 1380. The summed E-state index contributed by atoms with van der Waals surface area (Å²) < 4.78 is 71.0. The lowest BCUT2D eigenvalue weighted by Crippen LogP contribution is -2.13. The summed E-state index contributed by atoms with van der Waals surface area (Å²) in [5.41, 5.74) is 1.19. The highest BCUT2D eigenvalue weighted by Crippen LogP contribution is 2.31. The zero-order valence-electron chi connectivity index (χ0n) is 17.3. The minimum Gasteiger partial charge on any atom is -0.488 e. The molecular weight excluding hydrogens is 455 g/mol. The van der Waals surface area contributed by atoms with Crippen LogP contribution in [0.25, 0.3) is 11.3 Å². The smallest absolute Gasteiger partial charge is 0.416 e. The number of hydrogen-bond acceptors (Lipinski definition) is 5. The number of alkyl halides is 3. The number of para-hydroxylation sites is 1. The van der Waals surface area contributed by atoms with Gasteiger partial charge in [-0.1, -0.05) is 47.2 Å². The van der Waals surface area contributed by atoms with E-state index in [4.69, 9.17) is 4.74 Å². The van der Waals surface area contributed by atoms with Crippen molar-refractivity contribution in [2.45, 2.75) is 24.6 Å². The minimum atomic E-state index is -4.45. The standard InChI is InChI=1S/C23H18F3N3O3S/c1-16-9-11-19(12-10-16)33(30,31)29-14-21(27-28-29)20-7-2-3-8-22(20)32-15-17-5-4-6-18(13-17)23(24,25)26/h2-14H,15H2,1H3. The molecule has 1 heterocycles. The first-order valence-corrected chi connectivity index (χ1v) is 11.2. The number of aryl methyl sites for hydroxylation is 1. The number of rotatable bonds is 6. The lowest BCUT2D eigenvalue weighted by atomic mass is 10.1. The maximum atomic E-state index is 13.0. The number of nitrogens with zero attached hydrogens (tertiary/aromatic N) is 3. The van der Waals surface area contributed by atoms with Crippen molar-refractivity contribution in [3.8, 4) is 17.0 Å². The molecule has 0 N–H and O–H groups in total. The van der Waals surface area contributed by atoms with Crippen LogP contribution in [0.5, 0.6) is 5.75 Å². The number of ether oxygens (including phenoxy) is 1. The molecule has 0 radical (unpaired) electrons. The maximum Gasteiger partial charge on any atom is 0.416 e. The summed E-state index contributed by atoms with van der Waals surface area (Å²) in [4.78, 5) is 0.0682. The zero-order chi connectivity index (χ0) is 23.6. The van der Waals surface area contributed by atoms with E-state index in [1.54, 1.807) is 36.4 Å². The lowest BCUT2D eigenvalue weighted by molar-refractivity contribution is -0.137. The molecule has 0 spiro atoms. The number of aromatic nitrogens is 3. The minimum absolute atomic E-state index is 0.0682. The lowest BCUT2D eigenvalue weighted by Gasteiger charge is -2.12. The maximum absolute atomic E-state index is 13.0. The second kappa shape index (κ2) is 8.70. The molecule has 10 heteroatoms. The van der Waals surface area contributed by atoms with Crippen molar-refractivity contribution < 1.29 is 26.3 Å². The number of halogens is 3. The average molecular weight is 473 g/mol. The fourth-order valence-corrected chi connectivity index (χ4v) is 4.18. The highest BCUT2D eigenvalue weighted by Gasteiger charge is 2.30. The van der Waals surface area contributed by atoms with Crippen LogP contribution in [0.3, 0.4) is 0 Å². The molecule has 0 unspecified atom stereocenters. The van der Waals surface area contributed by atoms with Crippen molar-refractivity contribution in [3.63, 3.8) is 0 Å². The van der Waals surface area contributed by atoms with Gasteiger partial charge in [0.1, 0.15) is 18.1 Å². The fourth-order valence-electron chi connectivity index (χ4n) is 3.11. The van der Waals surface area contributed by atoms with E-state index in [1.165, 1.54) is 30.5 Å². The van der Waals surface area contributed by atoms with Gasteiger partial charge in [0.05, 0.1) is 16.7 Å². The van der Waals surface area contributed by atoms with E-state index < -0.39 is 21.8 Å². The molecule has 3 aromatic carbocycles. The largest absolute Gasteiger partial charge is 0.488 e. The molecule has 0 aliphatic rings. The van der Waals surface area contributed by atoms with Crippen LogP contribution in [0.15, 0.2) is 83.9 Å². The first-order valence-electron chi connectivity index (χ1n) is 9.77. The highest BCUT2D eigenvalue weighted by molar-refractivity contribution is 7.89. The quantitative estimate of drug-likeness (QED) is 0.390. The number of hydrogen-bond donors (Lipinski definition) is 0. The summed E-state index contributed by atoms with van der Waals surface area (Å²) in [6, 6.07) is 17.9. The van der Waals surface area contributed by atoms with Gasteiger partial charge in [-0.05, 0) is 48.9 Å². The summed E-state index contributed by atoms with van der Waals surface area (Å²) in [6.07, 6.45) is -3.18. The normalized spacial score (nSPS) is 12.0. The van der Waals surface area contributed by atoms with Crippen LogP contribution >= 0.6 is 0 Å². The van der Waals surface area contributed by atoms with Crippen LogP contribution in [0.4, 0.5) is 13.2 Å². The van der Waals surface area contributed by atoms with Crippen LogP contribution in [-0.2, 0) is 22.8 Å². The summed E-state index contributed by atoms with van der Waals surface area (Å²) in [5.74, 6) is 0.328. The molecule has 4 rings (SSSR count). The molecule has 0 amide bonds. The van der Waals surface area contributed by atoms with Gasteiger partial charge in [-0.3, -0.25) is 0 Å². The van der Waals surface area contributed by atoms with E-state index in [2.05, 4.69) is 10.3 Å². The monoisotopic (exact) mass is 473 g/mol. The second-order valence-corrected chi connectivity index (χ2v) is 9.07. The Labute approximate surface area is 188 Å². The molecular formula is C23H18F3N3O3S. The molecule has 0 atom stereocenters. The van der Waals surface area contributed by atoms with Crippen molar-refractivity contribution in [1.29, 1.82) is 0 Å². The third kappa shape index (κ3) is 4.90. The highest BCUT2D eigenvalue weighted by atomic mass is 32.2. The predicted octanol–water partition coefficient (Wildman–Crippen LogP) is 5.09. The van der Waals surface area contributed by atoms with Gasteiger partial charge >= 0.3 is 6.18 Å². The first kappa shape index (κ1) is 22.5. The molecule has 4 aromatic rings. The zero-order valence-corrected chi connectivity index (χ0v) is 18.1. The van der Waals surface area contributed by atoms with Crippen molar-refractivity contribution in [1.82, 2.24) is 14.4 Å². The molecule has 0 aliphatic carbocycles. The van der Waals surface area contributed by atoms with E-state index in [0.29, 0.717) is 16.9 Å². The summed E-state index contributed by atoms with van der Waals surface area (Å²) in [6.45, 7) is 1.73. The molecule has 6 nitrogen and oxygen atoms in total. The van der Waals surface area contributed by atoms with Gasteiger partial charge in [-0.2, -0.15) is 21.6 Å². The van der Waals surface area contributed by atoms with Crippen LogP contribution < -0.4 is 4.74 Å². The first-order chi connectivity index (χ1) is 15.6. The van der Waals surface area contributed by atoms with Gasteiger partial charge in [0, 0.05) is 5.56 Å². The molecule has 0 saturated heterocycles. The fraction of sp³-hybridized carbons (Fsp3) is 0.130. The molecule has 170 valence electrons. The summed E-state index contributed by atoms with van der Waals surface area (Å²) in [5, 5.41) is 7.72. The van der Waals surface area contributed by atoms with E-state index in [0.717, 1.165) is 21.8 Å². The van der Waals surface area contributed by atoms with Crippen molar-refractivity contribution >= 4 is 10.0 Å². The SMILES string of the molecule is Cc1ccc(S(=O)(=O)n2cc(-c3ccccc3OCc3cccc(C(F)(F)F)c3)nn2)cc1. The number of benzene rings is 3. The van der Waals surface area contributed by atoms with Crippen molar-refractivity contribution in [3.05, 3.63) is 95.7 Å². The van der Waals surface area contributed by atoms with E-state index in [-0.39, 0.29) is 17.2 Å². The Kier molecular flexibility index (Phi) is 5.94. The van der Waals surface area contributed by atoms with E-state index >= 15 is 0 Å². The second-order valence-electron chi connectivity index (χ2n) is 7.28. The Hall–Kier alpha value is -3.66. The van der Waals surface area contributed by atoms with E-state index in [1.807, 2.05) is 6.92 Å². The van der Waals surface area contributed by atoms with Crippen LogP contribution in [0, 0.1) is 6.92 Å².